The lowest BCUT2D eigenvalue weighted by Gasteiger charge is -2.39. The number of nitrogen functional groups attached to an aromatic ring is 1. The molecule has 2 nitrogen and oxygen atoms in total. The number of hydrogen-bond acceptors (Lipinski definition) is 2. The first kappa shape index (κ1) is 13.0. The molecule has 19 heavy (non-hydrogen) atoms. The summed E-state index contributed by atoms with van der Waals surface area (Å²) in [6.07, 6.45) is 8.23. The van der Waals surface area contributed by atoms with Crippen molar-refractivity contribution in [1.82, 2.24) is 4.90 Å². The summed E-state index contributed by atoms with van der Waals surface area (Å²) in [7, 11) is 0. The van der Waals surface area contributed by atoms with Gasteiger partial charge in [0, 0.05) is 24.8 Å². The maximum atomic E-state index is 5.92. The van der Waals surface area contributed by atoms with Crippen molar-refractivity contribution in [2.24, 2.45) is 5.92 Å². The lowest BCUT2D eigenvalue weighted by atomic mass is 9.83. The van der Waals surface area contributed by atoms with Crippen LogP contribution in [0, 0.1) is 5.92 Å². The number of fused-ring (bicyclic) bond motifs is 1. The minimum absolute atomic E-state index is 0.817. The molecule has 0 radical (unpaired) electrons. The van der Waals surface area contributed by atoms with Gasteiger partial charge in [0.2, 0.25) is 0 Å². The fraction of sp³-hybridized carbons (Fsp3) is 0.647. The zero-order valence-corrected chi connectivity index (χ0v) is 12.1. The van der Waals surface area contributed by atoms with Crippen molar-refractivity contribution in [1.29, 1.82) is 0 Å². The van der Waals surface area contributed by atoms with Crippen LogP contribution in [0.2, 0.25) is 0 Å². The number of nitrogens with zero attached hydrogens (tertiary/aromatic N) is 1. The molecule has 0 amide bonds. The molecule has 104 valence electrons. The van der Waals surface area contributed by atoms with Crippen LogP contribution < -0.4 is 5.73 Å². The minimum Gasteiger partial charge on any atom is -0.399 e. The zero-order valence-electron chi connectivity index (χ0n) is 12.1. The third-order valence-corrected chi connectivity index (χ3v) is 5.18. The first-order valence-electron chi connectivity index (χ1n) is 7.87. The molecule has 0 atom stereocenters. The molecule has 2 aliphatic rings. The Morgan fingerprint density at radius 1 is 1.16 bits per heavy atom. The summed E-state index contributed by atoms with van der Waals surface area (Å²) in [5, 5.41) is 0. The highest BCUT2D eigenvalue weighted by Crippen LogP contribution is 2.32. The van der Waals surface area contributed by atoms with Gasteiger partial charge in [0.05, 0.1) is 0 Å². The molecule has 0 saturated heterocycles. The minimum atomic E-state index is 0.817. The van der Waals surface area contributed by atoms with Crippen molar-refractivity contribution in [2.45, 2.75) is 58.0 Å². The predicted octanol–water partition coefficient (Wildman–Crippen LogP) is 3.60. The van der Waals surface area contributed by atoms with Crippen molar-refractivity contribution in [3.8, 4) is 0 Å². The van der Waals surface area contributed by atoms with E-state index in [-0.39, 0.29) is 0 Å². The standard InChI is InChI=1S/C17H26N2/c1-2-13-3-7-17(8-4-13)19-10-9-14-5-6-16(18)11-15(14)12-19/h5-6,11,13,17H,2-4,7-10,12,18H2,1H3. The Morgan fingerprint density at radius 2 is 1.95 bits per heavy atom. The zero-order chi connectivity index (χ0) is 13.2. The second-order valence-corrected chi connectivity index (χ2v) is 6.33. The predicted molar refractivity (Wildman–Crippen MR) is 81.0 cm³/mol. The summed E-state index contributed by atoms with van der Waals surface area (Å²) in [6, 6.07) is 7.26. The quantitative estimate of drug-likeness (QED) is 0.821. The number of benzene rings is 1. The average Bonchev–Trinajstić information content (AvgIpc) is 2.46. The van der Waals surface area contributed by atoms with Crippen LogP contribution in [0.3, 0.4) is 0 Å². The van der Waals surface area contributed by atoms with Gasteiger partial charge in [-0.15, -0.1) is 0 Å². The van der Waals surface area contributed by atoms with E-state index in [0.29, 0.717) is 0 Å². The second-order valence-electron chi connectivity index (χ2n) is 6.33. The lowest BCUT2D eigenvalue weighted by Crippen LogP contribution is -2.41. The number of anilines is 1. The van der Waals surface area contributed by atoms with E-state index in [0.717, 1.165) is 24.2 Å². The molecule has 0 bridgehead atoms. The number of hydrogen-bond donors (Lipinski definition) is 1. The maximum absolute atomic E-state index is 5.92. The maximum Gasteiger partial charge on any atom is 0.0317 e. The number of nitrogens with two attached hydrogens (primary N) is 1. The van der Waals surface area contributed by atoms with Gasteiger partial charge in [-0.1, -0.05) is 19.4 Å². The Kier molecular flexibility index (Phi) is 3.79. The highest BCUT2D eigenvalue weighted by atomic mass is 15.2. The Labute approximate surface area is 117 Å². The molecular weight excluding hydrogens is 232 g/mol. The highest BCUT2D eigenvalue weighted by Gasteiger charge is 2.27. The van der Waals surface area contributed by atoms with E-state index in [1.54, 1.807) is 0 Å². The summed E-state index contributed by atoms with van der Waals surface area (Å²) in [5.74, 6) is 0.990. The first-order chi connectivity index (χ1) is 9.26. The van der Waals surface area contributed by atoms with Crippen LogP contribution in [0.15, 0.2) is 18.2 Å². The topological polar surface area (TPSA) is 29.3 Å². The van der Waals surface area contributed by atoms with E-state index in [9.17, 15) is 0 Å². The third kappa shape index (κ3) is 2.79. The average molecular weight is 258 g/mol. The monoisotopic (exact) mass is 258 g/mol. The summed E-state index contributed by atoms with van der Waals surface area (Å²) >= 11 is 0. The Bertz CT molecular complexity index is 433. The Morgan fingerprint density at radius 3 is 2.68 bits per heavy atom. The third-order valence-electron chi connectivity index (χ3n) is 5.18. The van der Waals surface area contributed by atoms with E-state index < -0.39 is 0 Å². The normalized spacial score (nSPS) is 28.1. The molecule has 0 unspecified atom stereocenters. The van der Waals surface area contributed by atoms with Gasteiger partial charge in [0.15, 0.2) is 0 Å². The van der Waals surface area contributed by atoms with Crippen LogP contribution >= 0.6 is 0 Å². The molecule has 1 aromatic rings. The van der Waals surface area contributed by atoms with Gasteiger partial charge < -0.3 is 5.73 Å². The molecule has 1 aromatic carbocycles. The highest BCUT2D eigenvalue weighted by molar-refractivity contribution is 5.45. The summed E-state index contributed by atoms with van der Waals surface area (Å²) < 4.78 is 0. The van der Waals surface area contributed by atoms with Gasteiger partial charge in [-0.3, -0.25) is 4.90 Å². The molecule has 0 spiro atoms. The van der Waals surface area contributed by atoms with E-state index in [1.165, 1.54) is 56.2 Å². The fourth-order valence-corrected chi connectivity index (χ4v) is 3.83. The van der Waals surface area contributed by atoms with Crippen molar-refractivity contribution in [2.75, 3.05) is 12.3 Å². The summed E-state index contributed by atoms with van der Waals surface area (Å²) in [4.78, 5) is 2.70. The second kappa shape index (κ2) is 5.54. The van der Waals surface area contributed by atoms with E-state index in [2.05, 4.69) is 24.0 Å². The van der Waals surface area contributed by atoms with E-state index in [4.69, 9.17) is 5.73 Å². The summed E-state index contributed by atoms with van der Waals surface area (Å²) in [6.45, 7) is 4.69. The van der Waals surface area contributed by atoms with Crippen LogP contribution in [0.4, 0.5) is 5.69 Å². The van der Waals surface area contributed by atoms with Crippen LogP contribution in [0.5, 0.6) is 0 Å². The Balaban J connectivity index is 1.65. The molecule has 2 heteroatoms. The molecule has 1 heterocycles. The molecule has 1 saturated carbocycles. The lowest BCUT2D eigenvalue weighted by molar-refractivity contribution is 0.122. The summed E-state index contributed by atoms with van der Waals surface area (Å²) in [5.41, 5.74) is 9.80. The van der Waals surface area contributed by atoms with Gasteiger partial charge in [-0.25, -0.2) is 0 Å². The smallest absolute Gasteiger partial charge is 0.0317 e. The van der Waals surface area contributed by atoms with Gasteiger partial charge in [0.25, 0.3) is 0 Å². The van der Waals surface area contributed by atoms with Gasteiger partial charge in [-0.2, -0.15) is 0 Å². The largest absolute Gasteiger partial charge is 0.399 e. The van der Waals surface area contributed by atoms with Crippen LogP contribution in [-0.4, -0.2) is 17.5 Å². The fourth-order valence-electron chi connectivity index (χ4n) is 3.83. The van der Waals surface area contributed by atoms with Gasteiger partial charge in [-0.05, 0) is 61.3 Å². The first-order valence-corrected chi connectivity index (χ1v) is 7.87. The molecule has 1 aliphatic heterocycles. The number of rotatable bonds is 2. The Hall–Kier alpha value is -1.02. The molecule has 1 aliphatic carbocycles. The van der Waals surface area contributed by atoms with Gasteiger partial charge >= 0.3 is 0 Å². The van der Waals surface area contributed by atoms with E-state index in [1.807, 2.05) is 6.07 Å². The molecular formula is C17H26N2. The van der Waals surface area contributed by atoms with E-state index >= 15 is 0 Å². The molecule has 2 N–H and O–H groups in total. The van der Waals surface area contributed by atoms with Gasteiger partial charge in [0.1, 0.15) is 0 Å². The van der Waals surface area contributed by atoms with Crippen LogP contribution in [0.25, 0.3) is 0 Å². The SMILES string of the molecule is CCC1CCC(N2CCc3ccc(N)cc3C2)CC1. The molecule has 0 aromatic heterocycles. The van der Waals surface area contributed by atoms with Crippen molar-refractivity contribution >= 4 is 5.69 Å². The van der Waals surface area contributed by atoms with Crippen LogP contribution in [0.1, 0.15) is 50.2 Å². The van der Waals surface area contributed by atoms with Crippen molar-refractivity contribution in [3.05, 3.63) is 29.3 Å². The molecule has 3 rings (SSSR count). The molecule has 1 fully saturated rings. The van der Waals surface area contributed by atoms with Crippen molar-refractivity contribution < 1.29 is 0 Å². The van der Waals surface area contributed by atoms with Crippen molar-refractivity contribution in [3.63, 3.8) is 0 Å². The van der Waals surface area contributed by atoms with Crippen LogP contribution in [-0.2, 0) is 13.0 Å².